The molecule has 0 atom stereocenters. The summed E-state index contributed by atoms with van der Waals surface area (Å²) in [5, 5.41) is 0. The first-order valence-corrected chi connectivity index (χ1v) is 3.54. The van der Waals surface area contributed by atoms with E-state index in [0.29, 0.717) is 0 Å². The van der Waals surface area contributed by atoms with Crippen LogP contribution in [-0.2, 0) is 16.1 Å². The predicted octanol–water partition coefficient (Wildman–Crippen LogP) is -0.874. The molecule has 2 N–H and O–H groups in total. The molecule has 0 radical (unpaired) electrons. The maximum atomic E-state index is 11.0. The van der Waals surface area contributed by atoms with E-state index in [1.54, 1.807) is 0 Å². The Bertz CT molecular complexity index is 417. The SMILES string of the molecule is CC(=O)OCc1c[nH]c(=O)[nH]c1=O. The van der Waals surface area contributed by atoms with E-state index in [1.165, 1.54) is 13.1 Å². The topological polar surface area (TPSA) is 92.0 Å². The number of hydrogen-bond donors (Lipinski definition) is 2. The molecule has 0 saturated heterocycles. The third kappa shape index (κ3) is 2.58. The van der Waals surface area contributed by atoms with Gasteiger partial charge in [0.1, 0.15) is 6.61 Å². The second-order valence-corrected chi connectivity index (χ2v) is 2.38. The summed E-state index contributed by atoms with van der Waals surface area (Å²) in [7, 11) is 0. The second kappa shape index (κ2) is 3.70. The van der Waals surface area contributed by atoms with Gasteiger partial charge in [0, 0.05) is 13.1 Å². The molecule has 1 rings (SSSR count). The van der Waals surface area contributed by atoms with E-state index in [2.05, 4.69) is 9.72 Å². The van der Waals surface area contributed by atoms with Crippen molar-refractivity contribution in [2.45, 2.75) is 13.5 Å². The minimum absolute atomic E-state index is 0.137. The fourth-order valence-electron chi connectivity index (χ4n) is 0.724. The lowest BCUT2D eigenvalue weighted by molar-refractivity contribution is -0.142. The summed E-state index contributed by atoms with van der Waals surface area (Å²) in [4.78, 5) is 36.2. The van der Waals surface area contributed by atoms with E-state index < -0.39 is 17.2 Å². The van der Waals surface area contributed by atoms with Crippen LogP contribution in [0.4, 0.5) is 0 Å². The molecule has 1 heterocycles. The zero-order chi connectivity index (χ0) is 9.84. The Balaban J connectivity index is 2.84. The number of hydrogen-bond acceptors (Lipinski definition) is 4. The van der Waals surface area contributed by atoms with Crippen molar-refractivity contribution in [2.75, 3.05) is 0 Å². The summed E-state index contributed by atoms with van der Waals surface area (Å²) >= 11 is 0. The molecule has 0 unspecified atom stereocenters. The fourth-order valence-corrected chi connectivity index (χ4v) is 0.724. The van der Waals surface area contributed by atoms with Crippen molar-refractivity contribution in [1.29, 1.82) is 0 Å². The molecule has 0 amide bonds. The molecule has 6 heteroatoms. The van der Waals surface area contributed by atoms with Crippen molar-refractivity contribution in [3.05, 3.63) is 32.6 Å². The number of ether oxygens (including phenoxy) is 1. The summed E-state index contributed by atoms with van der Waals surface area (Å²) < 4.78 is 4.57. The average Bonchev–Trinajstić information content (AvgIpc) is 2.02. The first-order chi connectivity index (χ1) is 6.09. The standard InChI is InChI=1S/C7H8N2O4/c1-4(10)13-3-5-2-8-7(12)9-6(5)11/h2H,3H2,1H3,(H2,8,9,11,12). The van der Waals surface area contributed by atoms with Gasteiger partial charge in [-0.2, -0.15) is 0 Å². The van der Waals surface area contributed by atoms with Crippen LogP contribution in [0.15, 0.2) is 15.8 Å². The minimum atomic E-state index is -0.587. The molecule has 6 nitrogen and oxygen atoms in total. The maximum absolute atomic E-state index is 11.0. The Morgan fingerprint density at radius 3 is 2.77 bits per heavy atom. The van der Waals surface area contributed by atoms with Crippen LogP contribution in [0.25, 0.3) is 0 Å². The summed E-state index contributed by atoms with van der Waals surface area (Å²) in [6, 6.07) is 0. The van der Waals surface area contributed by atoms with Crippen LogP contribution >= 0.6 is 0 Å². The molecule has 0 spiro atoms. The van der Waals surface area contributed by atoms with Gasteiger partial charge in [0.25, 0.3) is 5.56 Å². The molecule has 13 heavy (non-hydrogen) atoms. The molecule has 0 aliphatic rings. The van der Waals surface area contributed by atoms with Gasteiger partial charge in [-0.15, -0.1) is 0 Å². The first-order valence-electron chi connectivity index (χ1n) is 3.54. The highest BCUT2D eigenvalue weighted by molar-refractivity contribution is 5.65. The van der Waals surface area contributed by atoms with Gasteiger partial charge in [0.2, 0.25) is 0 Å². The van der Waals surface area contributed by atoms with E-state index in [9.17, 15) is 14.4 Å². The maximum Gasteiger partial charge on any atom is 0.325 e. The lowest BCUT2D eigenvalue weighted by Crippen LogP contribution is -2.25. The van der Waals surface area contributed by atoms with Gasteiger partial charge >= 0.3 is 11.7 Å². The van der Waals surface area contributed by atoms with Gasteiger partial charge in [-0.3, -0.25) is 14.6 Å². The molecule has 0 aliphatic carbocycles. The molecular weight excluding hydrogens is 176 g/mol. The third-order valence-corrected chi connectivity index (χ3v) is 1.33. The number of carbonyl (C=O) groups is 1. The van der Waals surface area contributed by atoms with E-state index in [4.69, 9.17) is 0 Å². The Kier molecular flexibility index (Phi) is 2.63. The molecular formula is C7H8N2O4. The van der Waals surface area contributed by atoms with Gasteiger partial charge in [-0.25, -0.2) is 4.79 Å². The van der Waals surface area contributed by atoms with Crippen LogP contribution in [0.5, 0.6) is 0 Å². The van der Waals surface area contributed by atoms with Gasteiger partial charge < -0.3 is 9.72 Å². The molecule has 70 valence electrons. The second-order valence-electron chi connectivity index (χ2n) is 2.38. The van der Waals surface area contributed by atoms with Crippen LogP contribution < -0.4 is 11.2 Å². The zero-order valence-electron chi connectivity index (χ0n) is 6.92. The number of carbonyl (C=O) groups excluding carboxylic acids is 1. The van der Waals surface area contributed by atoms with Crippen LogP contribution in [0.1, 0.15) is 12.5 Å². The van der Waals surface area contributed by atoms with E-state index >= 15 is 0 Å². The third-order valence-electron chi connectivity index (χ3n) is 1.33. The first kappa shape index (κ1) is 9.24. The van der Waals surface area contributed by atoms with Crippen molar-refractivity contribution in [3.8, 4) is 0 Å². The molecule has 0 aliphatic heterocycles. The van der Waals surface area contributed by atoms with Crippen molar-refractivity contribution in [2.24, 2.45) is 0 Å². The predicted molar refractivity (Wildman–Crippen MR) is 43.2 cm³/mol. The van der Waals surface area contributed by atoms with Crippen LogP contribution in [0, 0.1) is 0 Å². The van der Waals surface area contributed by atoms with E-state index in [0.717, 1.165) is 0 Å². The molecule has 1 aromatic rings. The highest BCUT2D eigenvalue weighted by Crippen LogP contribution is 1.89. The highest BCUT2D eigenvalue weighted by atomic mass is 16.5. The zero-order valence-corrected chi connectivity index (χ0v) is 6.92. The smallest absolute Gasteiger partial charge is 0.325 e. The monoisotopic (exact) mass is 184 g/mol. The van der Waals surface area contributed by atoms with Gasteiger partial charge in [0.15, 0.2) is 0 Å². The lowest BCUT2D eigenvalue weighted by atomic mass is 10.4. The van der Waals surface area contributed by atoms with Crippen molar-refractivity contribution in [1.82, 2.24) is 9.97 Å². The molecule has 0 bridgehead atoms. The summed E-state index contributed by atoms with van der Waals surface area (Å²) in [6.07, 6.45) is 1.21. The van der Waals surface area contributed by atoms with Gasteiger partial charge in [0.05, 0.1) is 5.56 Å². The van der Waals surface area contributed by atoms with Crippen LogP contribution in [0.2, 0.25) is 0 Å². The molecule has 1 aromatic heterocycles. The van der Waals surface area contributed by atoms with E-state index in [1.807, 2.05) is 4.98 Å². The number of esters is 1. The summed E-state index contributed by atoms with van der Waals surface area (Å²) in [5.41, 5.74) is -0.934. The molecule has 0 aromatic carbocycles. The normalized spacial score (nSPS) is 9.62. The highest BCUT2D eigenvalue weighted by Gasteiger charge is 2.01. The lowest BCUT2D eigenvalue weighted by Gasteiger charge is -1.98. The largest absolute Gasteiger partial charge is 0.461 e. The Morgan fingerprint density at radius 2 is 2.23 bits per heavy atom. The summed E-state index contributed by atoms with van der Waals surface area (Å²) in [5.74, 6) is -0.481. The summed E-state index contributed by atoms with van der Waals surface area (Å²) in [6.45, 7) is 1.10. The number of rotatable bonds is 2. The molecule has 0 fully saturated rings. The van der Waals surface area contributed by atoms with E-state index in [-0.39, 0.29) is 12.2 Å². The van der Waals surface area contributed by atoms with Crippen LogP contribution in [0.3, 0.4) is 0 Å². The number of H-pyrrole nitrogens is 2. The van der Waals surface area contributed by atoms with Gasteiger partial charge in [-0.1, -0.05) is 0 Å². The van der Waals surface area contributed by atoms with Crippen molar-refractivity contribution in [3.63, 3.8) is 0 Å². The Hall–Kier alpha value is -1.85. The number of aromatic nitrogens is 2. The fraction of sp³-hybridized carbons (Fsp3) is 0.286. The van der Waals surface area contributed by atoms with Gasteiger partial charge in [-0.05, 0) is 0 Å². The Labute approximate surface area is 72.6 Å². The quantitative estimate of drug-likeness (QED) is 0.584. The van der Waals surface area contributed by atoms with Crippen LogP contribution in [-0.4, -0.2) is 15.9 Å². The average molecular weight is 184 g/mol. The minimum Gasteiger partial charge on any atom is -0.461 e. The number of nitrogens with one attached hydrogen (secondary N) is 2. The van der Waals surface area contributed by atoms with Crippen molar-refractivity contribution < 1.29 is 9.53 Å². The number of aromatic amines is 2. The molecule has 0 saturated carbocycles. The van der Waals surface area contributed by atoms with Crippen molar-refractivity contribution >= 4 is 5.97 Å². The Morgan fingerprint density at radius 1 is 1.54 bits per heavy atom.